The number of hydrogen-bond acceptors (Lipinski definition) is 2. The molecule has 1 aliphatic carbocycles. The number of nitrogens with zero attached hydrogens (tertiary/aromatic N) is 2. The van der Waals surface area contributed by atoms with Gasteiger partial charge in [0.05, 0.1) is 11.0 Å². The Bertz CT molecular complexity index is 628. The Hall–Kier alpha value is -1.84. The molecule has 0 radical (unpaired) electrons. The lowest BCUT2D eigenvalue weighted by Gasteiger charge is -2.07. The van der Waals surface area contributed by atoms with Gasteiger partial charge in [0.15, 0.2) is 0 Å². The number of rotatable bonds is 3. The van der Waals surface area contributed by atoms with Gasteiger partial charge < -0.3 is 9.67 Å². The van der Waals surface area contributed by atoms with Crippen molar-refractivity contribution in [2.24, 2.45) is 5.41 Å². The van der Waals surface area contributed by atoms with Crippen LogP contribution in [-0.2, 0) is 11.3 Å². The van der Waals surface area contributed by atoms with Crippen LogP contribution in [0.3, 0.4) is 0 Å². The third-order valence-corrected chi connectivity index (χ3v) is 3.80. The molecule has 18 heavy (non-hydrogen) atoms. The molecule has 0 aliphatic heterocycles. The van der Waals surface area contributed by atoms with Gasteiger partial charge in [0.25, 0.3) is 0 Å². The molecule has 0 bridgehead atoms. The van der Waals surface area contributed by atoms with E-state index in [-0.39, 0.29) is 12.0 Å². The van der Waals surface area contributed by atoms with Gasteiger partial charge in [-0.15, -0.1) is 0 Å². The normalized spacial score (nSPS) is 21.1. The maximum atomic E-state index is 11.0. The first-order chi connectivity index (χ1) is 8.49. The fourth-order valence-electron chi connectivity index (χ4n) is 2.57. The van der Waals surface area contributed by atoms with E-state index >= 15 is 0 Å². The first-order valence-corrected chi connectivity index (χ1v) is 6.16. The number of carboxylic acid groups (broad SMARTS) is 1. The standard InChI is InChI=1S/C14H16N2O2/c1-14(2)7-9(14)13-15-10-5-3-4-6-11(10)16(13)8-12(17)18/h3-6,9H,7-8H2,1-2H3,(H,17,18). The molecule has 1 aromatic heterocycles. The van der Waals surface area contributed by atoms with Crippen molar-refractivity contribution in [3.63, 3.8) is 0 Å². The summed E-state index contributed by atoms with van der Waals surface area (Å²) in [7, 11) is 0. The second-order valence-electron chi connectivity index (χ2n) is 5.68. The van der Waals surface area contributed by atoms with Crippen LogP contribution in [0.5, 0.6) is 0 Å². The van der Waals surface area contributed by atoms with Crippen LogP contribution >= 0.6 is 0 Å². The van der Waals surface area contributed by atoms with Crippen LogP contribution < -0.4 is 0 Å². The number of fused-ring (bicyclic) bond motifs is 1. The zero-order valence-corrected chi connectivity index (χ0v) is 10.6. The molecular formula is C14H16N2O2. The van der Waals surface area contributed by atoms with Gasteiger partial charge >= 0.3 is 5.97 Å². The summed E-state index contributed by atoms with van der Waals surface area (Å²) in [5.74, 6) is 0.478. The van der Waals surface area contributed by atoms with Crippen LogP contribution in [0.15, 0.2) is 24.3 Å². The van der Waals surface area contributed by atoms with Gasteiger partial charge in [0, 0.05) is 5.92 Å². The van der Waals surface area contributed by atoms with Crippen molar-refractivity contribution in [2.45, 2.75) is 32.7 Å². The monoisotopic (exact) mass is 244 g/mol. The van der Waals surface area contributed by atoms with Crippen molar-refractivity contribution in [3.05, 3.63) is 30.1 Å². The van der Waals surface area contributed by atoms with Crippen LogP contribution in [0.2, 0.25) is 0 Å². The maximum absolute atomic E-state index is 11.0. The van der Waals surface area contributed by atoms with Crippen LogP contribution in [0.25, 0.3) is 11.0 Å². The van der Waals surface area contributed by atoms with E-state index in [4.69, 9.17) is 5.11 Å². The van der Waals surface area contributed by atoms with Crippen LogP contribution in [0.4, 0.5) is 0 Å². The highest BCUT2D eigenvalue weighted by Gasteiger charge is 2.49. The summed E-state index contributed by atoms with van der Waals surface area (Å²) in [6.45, 7) is 4.38. The first kappa shape index (κ1) is 11.3. The molecule has 1 saturated carbocycles. The molecule has 1 fully saturated rings. The summed E-state index contributed by atoms with van der Waals surface area (Å²) in [6, 6.07) is 7.73. The Morgan fingerprint density at radius 3 is 2.78 bits per heavy atom. The maximum Gasteiger partial charge on any atom is 0.323 e. The second-order valence-corrected chi connectivity index (χ2v) is 5.68. The van der Waals surface area contributed by atoms with Crippen LogP contribution in [-0.4, -0.2) is 20.6 Å². The molecule has 1 atom stereocenters. The fourth-order valence-corrected chi connectivity index (χ4v) is 2.57. The minimum absolute atomic E-state index is 0.0115. The third-order valence-electron chi connectivity index (χ3n) is 3.80. The highest BCUT2D eigenvalue weighted by atomic mass is 16.4. The number of hydrogen-bond donors (Lipinski definition) is 1. The Morgan fingerprint density at radius 2 is 2.17 bits per heavy atom. The van der Waals surface area contributed by atoms with Crippen molar-refractivity contribution in [3.8, 4) is 0 Å². The molecule has 3 rings (SSSR count). The molecule has 0 spiro atoms. The van der Waals surface area contributed by atoms with Crippen LogP contribution in [0.1, 0.15) is 32.0 Å². The lowest BCUT2D eigenvalue weighted by Crippen LogP contribution is -2.12. The van der Waals surface area contributed by atoms with E-state index in [9.17, 15) is 4.79 Å². The van der Waals surface area contributed by atoms with Crippen molar-refractivity contribution in [1.82, 2.24) is 9.55 Å². The second kappa shape index (κ2) is 3.57. The molecule has 94 valence electrons. The average molecular weight is 244 g/mol. The molecule has 4 heteroatoms. The molecule has 1 aromatic carbocycles. The van der Waals surface area contributed by atoms with E-state index in [1.807, 2.05) is 28.8 Å². The van der Waals surface area contributed by atoms with E-state index in [1.54, 1.807) is 0 Å². The van der Waals surface area contributed by atoms with Crippen molar-refractivity contribution >= 4 is 17.0 Å². The van der Waals surface area contributed by atoms with E-state index < -0.39 is 5.97 Å². The summed E-state index contributed by atoms with van der Waals surface area (Å²) in [5.41, 5.74) is 2.05. The number of para-hydroxylation sites is 2. The van der Waals surface area contributed by atoms with Gasteiger partial charge in [-0.05, 0) is 24.0 Å². The number of aromatic nitrogens is 2. The smallest absolute Gasteiger partial charge is 0.323 e. The van der Waals surface area contributed by atoms with Gasteiger partial charge in [0.2, 0.25) is 0 Å². The van der Waals surface area contributed by atoms with Gasteiger partial charge in [-0.2, -0.15) is 0 Å². The number of carboxylic acids is 1. The number of carbonyl (C=O) groups is 1. The SMILES string of the molecule is CC1(C)CC1c1nc2ccccc2n1CC(=O)O. The Labute approximate surface area is 105 Å². The van der Waals surface area contributed by atoms with Gasteiger partial charge in [-0.1, -0.05) is 26.0 Å². The summed E-state index contributed by atoms with van der Waals surface area (Å²) in [5, 5.41) is 9.05. The van der Waals surface area contributed by atoms with E-state index in [2.05, 4.69) is 18.8 Å². The molecule has 1 heterocycles. The molecule has 1 N–H and O–H groups in total. The largest absolute Gasteiger partial charge is 0.480 e. The fraction of sp³-hybridized carbons (Fsp3) is 0.429. The highest BCUT2D eigenvalue weighted by Crippen LogP contribution is 2.58. The Morgan fingerprint density at radius 1 is 1.50 bits per heavy atom. The lowest BCUT2D eigenvalue weighted by molar-refractivity contribution is -0.137. The van der Waals surface area contributed by atoms with E-state index in [1.165, 1.54) is 0 Å². The lowest BCUT2D eigenvalue weighted by atomic mass is 10.1. The number of imidazole rings is 1. The van der Waals surface area contributed by atoms with Gasteiger partial charge in [-0.3, -0.25) is 4.79 Å². The minimum Gasteiger partial charge on any atom is -0.480 e. The van der Waals surface area contributed by atoms with Gasteiger partial charge in [-0.25, -0.2) is 4.98 Å². The highest BCUT2D eigenvalue weighted by molar-refractivity contribution is 5.78. The predicted molar refractivity (Wildman–Crippen MR) is 68.5 cm³/mol. The molecule has 4 nitrogen and oxygen atoms in total. The Kier molecular flexibility index (Phi) is 2.24. The topological polar surface area (TPSA) is 55.1 Å². The average Bonchev–Trinajstić information content (AvgIpc) is 2.79. The zero-order chi connectivity index (χ0) is 12.9. The van der Waals surface area contributed by atoms with Crippen molar-refractivity contribution in [1.29, 1.82) is 0 Å². The van der Waals surface area contributed by atoms with Crippen molar-refractivity contribution in [2.75, 3.05) is 0 Å². The van der Waals surface area contributed by atoms with E-state index in [0.29, 0.717) is 5.92 Å². The summed E-state index contributed by atoms with van der Waals surface area (Å²) in [4.78, 5) is 15.6. The van der Waals surface area contributed by atoms with Crippen LogP contribution in [0, 0.1) is 5.41 Å². The van der Waals surface area contributed by atoms with E-state index in [0.717, 1.165) is 23.3 Å². The quantitative estimate of drug-likeness (QED) is 0.903. The summed E-state index contributed by atoms with van der Waals surface area (Å²) < 4.78 is 1.84. The molecule has 2 aromatic rings. The first-order valence-electron chi connectivity index (χ1n) is 6.16. The number of benzene rings is 1. The molecule has 1 aliphatic rings. The van der Waals surface area contributed by atoms with Crippen molar-refractivity contribution < 1.29 is 9.90 Å². The third kappa shape index (κ3) is 1.68. The minimum atomic E-state index is -0.821. The zero-order valence-electron chi connectivity index (χ0n) is 10.6. The van der Waals surface area contributed by atoms with Gasteiger partial charge in [0.1, 0.15) is 12.4 Å². The number of aliphatic carboxylic acids is 1. The molecule has 0 saturated heterocycles. The predicted octanol–water partition coefficient (Wildman–Crippen LogP) is 2.63. The molecular weight excluding hydrogens is 228 g/mol. The molecule has 1 unspecified atom stereocenters. The molecule has 0 amide bonds. The summed E-state index contributed by atoms with van der Waals surface area (Å²) >= 11 is 0. The Balaban J connectivity index is 2.15. The summed E-state index contributed by atoms with van der Waals surface area (Å²) in [6.07, 6.45) is 1.08.